The van der Waals surface area contributed by atoms with Gasteiger partial charge in [-0.2, -0.15) is 16.8 Å². The van der Waals surface area contributed by atoms with Gasteiger partial charge in [0.2, 0.25) is 0 Å². The highest BCUT2D eigenvalue weighted by Crippen LogP contribution is 2.22. The summed E-state index contributed by atoms with van der Waals surface area (Å²) < 4.78 is 61.6. The molecule has 0 heterocycles. The van der Waals surface area contributed by atoms with Crippen LogP contribution in [-0.2, 0) is 20.2 Å². The largest absolute Gasteiger partial charge is 0.350 e. The zero-order chi connectivity index (χ0) is 14.1. The molecule has 0 atom stereocenters. The Balaban J connectivity index is 3.53. The van der Waals surface area contributed by atoms with E-state index < -0.39 is 30.0 Å². The third-order valence-electron chi connectivity index (χ3n) is 1.80. The second-order valence-corrected chi connectivity index (χ2v) is 6.78. The topological polar surface area (TPSA) is 121 Å². The van der Waals surface area contributed by atoms with E-state index in [9.17, 15) is 16.8 Å². The predicted molar refractivity (Wildman–Crippen MR) is 68.0 cm³/mol. The summed E-state index contributed by atoms with van der Waals surface area (Å²) in [6, 6.07) is 2.61. The predicted octanol–water partition coefficient (Wildman–Crippen LogP) is 0.939. The zero-order valence-corrected chi connectivity index (χ0v) is 11.4. The first-order chi connectivity index (χ1) is 8.00. The number of anilines is 1. The molecule has 3 N–H and O–H groups in total. The van der Waals surface area contributed by atoms with E-state index in [1.807, 2.05) is 0 Å². The zero-order valence-electron chi connectivity index (χ0n) is 8.98. The van der Waals surface area contributed by atoms with Crippen molar-refractivity contribution in [2.45, 2.75) is 16.7 Å². The molecule has 0 radical (unpaired) electrons. The summed E-state index contributed by atoms with van der Waals surface area (Å²) >= 11 is 4.72. The first-order valence-electron chi connectivity index (χ1n) is 4.38. The summed E-state index contributed by atoms with van der Waals surface area (Å²) in [5.74, 6) is 0. The van der Waals surface area contributed by atoms with Gasteiger partial charge in [0, 0.05) is 5.69 Å². The minimum Gasteiger partial charge on any atom is -0.350 e. The van der Waals surface area contributed by atoms with Crippen LogP contribution in [0.25, 0.3) is 0 Å². The van der Waals surface area contributed by atoms with Gasteiger partial charge in [0.1, 0.15) is 0 Å². The lowest BCUT2D eigenvalue weighted by atomic mass is 10.3. The van der Waals surface area contributed by atoms with Crippen LogP contribution >= 0.6 is 12.2 Å². The van der Waals surface area contributed by atoms with Gasteiger partial charge in [0.05, 0.1) is 14.8 Å². The van der Waals surface area contributed by atoms with Crippen molar-refractivity contribution >= 4 is 43.1 Å². The molecule has 0 bridgehead atoms. The van der Waals surface area contributed by atoms with Crippen LogP contribution in [0.2, 0.25) is 0 Å². The third-order valence-corrected chi connectivity index (χ3v) is 3.56. The van der Waals surface area contributed by atoms with Crippen molar-refractivity contribution in [1.82, 2.24) is 0 Å². The van der Waals surface area contributed by atoms with Crippen molar-refractivity contribution in [1.29, 1.82) is 0 Å². The molecule has 0 amide bonds. The molecule has 0 aliphatic heterocycles. The van der Waals surface area contributed by atoms with E-state index in [0.29, 0.717) is 6.07 Å². The molecule has 1 aromatic rings. The normalized spacial score (nSPS) is 12.2. The Morgan fingerprint density at radius 3 is 1.72 bits per heavy atom. The molecule has 0 unspecified atom stereocenters. The SMILES string of the molecule is CC(=S)Nc1cc(S(=O)(=O)O)cc(S(=O)(=O)O)c1. The molecule has 7 nitrogen and oxygen atoms in total. The van der Waals surface area contributed by atoms with Crippen molar-refractivity contribution in [3.8, 4) is 0 Å². The number of rotatable bonds is 3. The number of nitrogens with one attached hydrogen (secondary N) is 1. The monoisotopic (exact) mass is 311 g/mol. The Labute approximate surface area is 109 Å². The average Bonchev–Trinajstić information content (AvgIpc) is 2.13. The molecule has 0 saturated carbocycles. The Kier molecular flexibility index (Phi) is 4.08. The molecule has 0 spiro atoms. The lowest BCUT2D eigenvalue weighted by Gasteiger charge is -2.08. The smallest absolute Gasteiger partial charge is 0.294 e. The summed E-state index contributed by atoms with van der Waals surface area (Å²) in [6.45, 7) is 1.49. The fourth-order valence-electron chi connectivity index (χ4n) is 1.15. The van der Waals surface area contributed by atoms with Crippen molar-refractivity contribution in [2.75, 3.05) is 5.32 Å². The average molecular weight is 311 g/mol. The maximum absolute atomic E-state index is 11.0. The van der Waals surface area contributed by atoms with Gasteiger partial charge in [0.15, 0.2) is 0 Å². The minimum atomic E-state index is -4.60. The van der Waals surface area contributed by atoms with Gasteiger partial charge in [-0.1, -0.05) is 12.2 Å². The van der Waals surface area contributed by atoms with Crippen LogP contribution < -0.4 is 5.32 Å². The van der Waals surface area contributed by atoms with Crippen LogP contribution in [-0.4, -0.2) is 30.9 Å². The number of hydrogen-bond acceptors (Lipinski definition) is 5. The van der Waals surface area contributed by atoms with Crippen LogP contribution in [0.15, 0.2) is 28.0 Å². The van der Waals surface area contributed by atoms with Gasteiger partial charge in [-0.15, -0.1) is 0 Å². The molecular weight excluding hydrogens is 302 g/mol. The van der Waals surface area contributed by atoms with E-state index in [1.54, 1.807) is 0 Å². The van der Waals surface area contributed by atoms with Crippen LogP contribution in [0.1, 0.15) is 6.92 Å². The first-order valence-corrected chi connectivity index (χ1v) is 7.66. The number of hydrogen-bond donors (Lipinski definition) is 3. The van der Waals surface area contributed by atoms with Crippen molar-refractivity contribution in [3.63, 3.8) is 0 Å². The Morgan fingerprint density at radius 2 is 1.44 bits per heavy atom. The molecule has 100 valence electrons. The van der Waals surface area contributed by atoms with Gasteiger partial charge >= 0.3 is 0 Å². The van der Waals surface area contributed by atoms with Crippen molar-refractivity contribution in [3.05, 3.63) is 18.2 Å². The summed E-state index contributed by atoms with van der Waals surface area (Å²) in [6.07, 6.45) is 0. The molecule has 10 heteroatoms. The second kappa shape index (κ2) is 4.90. The summed E-state index contributed by atoms with van der Waals surface area (Å²) in [7, 11) is -9.21. The van der Waals surface area contributed by atoms with E-state index >= 15 is 0 Å². The van der Waals surface area contributed by atoms with Crippen molar-refractivity contribution in [2.24, 2.45) is 0 Å². The van der Waals surface area contributed by atoms with Crippen molar-refractivity contribution < 1.29 is 25.9 Å². The second-order valence-electron chi connectivity index (χ2n) is 3.32. The Morgan fingerprint density at radius 1 is 1.06 bits per heavy atom. The van der Waals surface area contributed by atoms with Gasteiger partial charge in [0.25, 0.3) is 20.2 Å². The first kappa shape index (κ1) is 15.0. The fraction of sp³-hybridized carbons (Fsp3) is 0.125. The third kappa shape index (κ3) is 3.99. The maximum atomic E-state index is 11.0. The maximum Gasteiger partial charge on any atom is 0.294 e. The van der Waals surface area contributed by atoms with E-state index in [-0.39, 0.29) is 10.7 Å². The summed E-state index contributed by atoms with van der Waals surface area (Å²) in [4.78, 5) is -1.09. The van der Waals surface area contributed by atoms with Crippen LogP contribution in [0, 0.1) is 0 Å². The standard InChI is InChI=1S/C8H9NO6S3/c1-5(16)9-6-2-7(17(10,11)12)4-8(3-6)18(13,14)15/h2-4H,1H3,(H,9,16)(H,10,11,12)(H,13,14,15). The molecule has 0 aliphatic carbocycles. The molecule has 0 aliphatic rings. The van der Waals surface area contributed by atoms with E-state index in [4.69, 9.17) is 21.3 Å². The Bertz CT molecular complexity index is 641. The van der Waals surface area contributed by atoms with Crippen LogP contribution in [0.4, 0.5) is 5.69 Å². The van der Waals surface area contributed by atoms with Crippen LogP contribution in [0.3, 0.4) is 0 Å². The molecule has 1 aromatic carbocycles. The number of benzene rings is 1. The van der Waals surface area contributed by atoms with Gasteiger partial charge in [-0.3, -0.25) is 9.11 Å². The molecular formula is C8H9NO6S3. The lowest BCUT2D eigenvalue weighted by Crippen LogP contribution is -2.08. The minimum absolute atomic E-state index is 0.0188. The summed E-state index contributed by atoms with van der Waals surface area (Å²) in [5, 5.41) is 2.51. The Hall–Kier alpha value is -1.07. The molecule has 0 aromatic heterocycles. The van der Waals surface area contributed by atoms with Gasteiger partial charge in [-0.25, -0.2) is 0 Å². The van der Waals surface area contributed by atoms with Gasteiger partial charge in [-0.05, 0) is 25.1 Å². The highest BCUT2D eigenvalue weighted by atomic mass is 32.2. The molecule has 1 rings (SSSR count). The lowest BCUT2D eigenvalue weighted by molar-refractivity contribution is 0.481. The van der Waals surface area contributed by atoms with Crippen LogP contribution in [0.5, 0.6) is 0 Å². The van der Waals surface area contributed by atoms with Gasteiger partial charge < -0.3 is 5.32 Å². The molecule has 18 heavy (non-hydrogen) atoms. The number of thiocarbonyl (C=S) groups is 1. The highest BCUT2D eigenvalue weighted by Gasteiger charge is 2.18. The summed E-state index contributed by atoms with van der Waals surface area (Å²) in [5.41, 5.74) is 0.0188. The quantitative estimate of drug-likeness (QED) is 0.557. The highest BCUT2D eigenvalue weighted by molar-refractivity contribution is 7.86. The van der Waals surface area contributed by atoms with E-state index in [1.165, 1.54) is 6.92 Å². The molecule has 0 fully saturated rings. The molecule has 0 saturated heterocycles. The van der Waals surface area contributed by atoms with E-state index in [0.717, 1.165) is 12.1 Å². The fourth-order valence-corrected chi connectivity index (χ4v) is 2.44. The van der Waals surface area contributed by atoms with E-state index in [2.05, 4.69) is 5.32 Å².